The van der Waals surface area contributed by atoms with E-state index in [4.69, 9.17) is 0 Å². The molecule has 1 N–H and O–H groups in total. The number of likely N-dealkylation sites (tertiary alicyclic amines) is 1. The molecule has 0 aromatic carbocycles. The van der Waals surface area contributed by atoms with Gasteiger partial charge in [0.2, 0.25) is 5.91 Å². The van der Waals surface area contributed by atoms with Gasteiger partial charge in [0.1, 0.15) is 0 Å². The van der Waals surface area contributed by atoms with Crippen LogP contribution < -0.4 is 0 Å². The third-order valence-corrected chi connectivity index (χ3v) is 5.49. The lowest BCUT2D eigenvalue weighted by atomic mass is 9.88. The quantitative estimate of drug-likeness (QED) is 0.872. The molecule has 0 saturated carbocycles. The predicted octanol–water partition coefficient (Wildman–Crippen LogP) is 3.53. The van der Waals surface area contributed by atoms with Crippen molar-refractivity contribution in [1.29, 1.82) is 0 Å². The molecular formula is C20H24N4O. The standard InChI is InChI=1S/C20H24N4O/c25-20(17-4-2-1-3-5-17)24-12-8-16(9-13-24)19-18(14-22-23-19)15-6-10-21-11-7-15/h1-2,6-7,10-11,14,16-17H,3-5,8-9,12-13H2,(H,22,23). The van der Waals surface area contributed by atoms with Crippen LogP contribution in [0.4, 0.5) is 0 Å². The Bertz CT molecular complexity index is 744. The van der Waals surface area contributed by atoms with Crippen LogP contribution in [-0.4, -0.2) is 39.1 Å². The Balaban J connectivity index is 1.42. The number of nitrogens with one attached hydrogen (secondary N) is 1. The molecule has 2 aromatic heterocycles. The fourth-order valence-corrected chi connectivity index (χ4v) is 4.03. The summed E-state index contributed by atoms with van der Waals surface area (Å²) in [7, 11) is 0. The van der Waals surface area contributed by atoms with Crippen molar-refractivity contribution < 1.29 is 4.79 Å². The molecule has 5 heteroatoms. The molecule has 0 bridgehead atoms. The van der Waals surface area contributed by atoms with Gasteiger partial charge in [-0.15, -0.1) is 0 Å². The zero-order valence-corrected chi connectivity index (χ0v) is 14.4. The highest BCUT2D eigenvalue weighted by Crippen LogP contribution is 2.34. The number of carbonyl (C=O) groups excluding carboxylic acids is 1. The number of nitrogens with zero attached hydrogens (tertiary/aromatic N) is 3. The molecule has 1 amide bonds. The number of aromatic nitrogens is 3. The smallest absolute Gasteiger partial charge is 0.226 e. The third kappa shape index (κ3) is 3.36. The molecule has 1 atom stereocenters. The minimum Gasteiger partial charge on any atom is -0.342 e. The van der Waals surface area contributed by atoms with E-state index in [-0.39, 0.29) is 5.92 Å². The molecule has 1 fully saturated rings. The van der Waals surface area contributed by atoms with Crippen molar-refractivity contribution in [2.45, 2.75) is 38.0 Å². The van der Waals surface area contributed by atoms with Crippen LogP contribution in [0.2, 0.25) is 0 Å². The molecule has 25 heavy (non-hydrogen) atoms. The summed E-state index contributed by atoms with van der Waals surface area (Å²) in [5, 5.41) is 7.47. The van der Waals surface area contributed by atoms with Crippen LogP contribution >= 0.6 is 0 Å². The number of aromatic amines is 1. The SMILES string of the molecule is O=C(C1CC=CCC1)N1CCC(c2[nH]ncc2-c2ccncc2)CC1. The predicted molar refractivity (Wildman–Crippen MR) is 96.9 cm³/mol. The van der Waals surface area contributed by atoms with Crippen molar-refractivity contribution in [3.63, 3.8) is 0 Å². The van der Waals surface area contributed by atoms with Crippen LogP contribution in [0, 0.1) is 5.92 Å². The first-order valence-electron chi connectivity index (χ1n) is 9.20. The molecule has 2 aromatic rings. The molecule has 2 aliphatic rings. The molecular weight excluding hydrogens is 312 g/mol. The molecule has 130 valence electrons. The van der Waals surface area contributed by atoms with E-state index in [1.54, 1.807) is 0 Å². The second-order valence-electron chi connectivity index (χ2n) is 7.01. The van der Waals surface area contributed by atoms with E-state index in [0.717, 1.165) is 56.3 Å². The molecule has 4 rings (SSSR count). The van der Waals surface area contributed by atoms with Crippen molar-refractivity contribution in [1.82, 2.24) is 20.1 Å². The van der Waals surface area contributed by atoms with Crippen molar-refractivity contribution in [2.75, 3.05) is 13.1 Å². The number of pyridine rings is 1. The number of hydrogen-bond acceptors (Lipinski definition) is 3. The number of rotatable bonds is 3. The van der Waals surface area contributed by atoms with E-state index in [1.165, 1.54) is 5.69 Å². The Morgan fingerprint density at radius 2 is 1.92 bits per heavy atom. The third-order valence-electron chi connectivity index (χ3n) is 5.49. The van der Waals surface area contributed by atoms with E-state index in [1.807, 2.05) is 30.7 Å². The zero-order chi connectivity index (χ0) is 17.1. The van der Waals surface area contributed by atoms with Gasteiger partial charge in [0.15, 0.2) is 0 Å². The van der Waals surface area contributed by atoms with Crippen LogP contribution in [-0.2, 0) is 4.79 Å². The Morgan fingerprint density at radius 3 is 2.64 bits per heavy atom. The molecule has 0 radical (unpaired) electrons. The first-order valence-corrected chi connectivity index (χ1v) is 9.20. The Labute approximate surface area is 148 Å². The van der Waals surface area contributed by atoms with E-state index in [2.05, 4.69) is 32.2 Å². The summed E-state index contributed by atoms with van der Waals surface area (Å²) in [6, 6.07) is 4.03. The van der Waals surface area contributed by atoms with Crippen LogP contribution in [0.25, 0.3) is 11.1 Å². The first-order chi connectivity index (χ1) is 12.3. The average molecular weight is 336 g/mol. The Hall–Kier alpha value is -2.43. The summed E-state index contributed by atoms with van der Waals surface area (Å²) >= 11 is 0. The number of H-pyrrole nitrogens is 1. The van der Waals surface area contributed by atoms with E-state index in [9.17, 15) is 4.79 Å². The lowest BCUT2D eigenvalue weighted by molar-refractivity contribution is -0.136. The molecule has 3 heterocycles. The maximum Gasteiger partial charge on any atom is 0.226 e. The maximum absolute atomic E-state index is 12.7. The second kappa shape index (κ2) is 7.21. The van der Waals surface area contributed by atoms with Crippen molar-refractivity contribution in [2.24, 2.45) is 5.92 Å². The highest BCUT2D eigenvalue weighted by molar-refractivity contribution is 5.79. The molecule has 0 spiro atoms. The number of amides is 1. The largest absolute Gasteiger partial charge is 0.342 e. The molecule has 1 unspecified atom stereocenters. The maximum atomic E-state index is 12.7. The highest BCUT2D eigenvalue weighted by atomic mass is 16.2. The van der Waals surface area contributed by atoms with Gasteiger partial charge in [-0.2, -0.15) is 5.10 Å². The minimum absolute atomic E-state index is 0.195. The molecule has 1 aliphatic heterocycles. The number of hydrogen-bond donors (Lipinski definition) is 1. The minimum atomic E-state index is 0.195. The van der Waals surface area contributed by atoms with Gasteiger partial charge < -0.3 is 4.90 Å². The summed E-state index contributed by atoms with van der Waals surface area (Å²) in [6.07, 6.45) is 14.8. The summed E-state index contributed by atoms with van der Waals surface area (Å²) in [6.45, 7) is 1.69. The van der Waals surface area contributed by atoms with Crippen LogP contribution in [0.1, 0.15) is 43.7 Å². The van der Waals surface area contributed by atoms with Crippen molar-refractivity contribution in [3.05, 3.63) is 48.6 Å². The topological polar surface area (TPSA) is 61.9 Å². The summed E-state index contributed by atoms with van der Waals surface area (Å²) in [4.78, 5) is 18.9. The van der Waals surface area contributed by atoms with Crippen LogP contribution in [0.5, 0.6) is 0 Å². The Kier molecular flexibility index (Phi) is 4.63. The number of carbonyl (C=O) groups is 1. The zero-order valence-electron chi connectivity index (χ0n) is 14.4. The van der Waals surface area contributed by atoms with E-state index in [0.29, 0.717) is 11.8 Å². The fourth-order valence-electron chi connectivity index (χ4n) is 4.03. The van der Waals surface area contributed by atoms with Crippen LogP contribution in [0.3, 0.4) is 0 Å². The van der Waals surface area contributed by atoms with Gasteiger partial charge in [-0.3, -0.25) is 14.9 Å². The average Bonchev–Trinajstić information content (AvgIpc) is 3.19. The Morgan fingerprint density at radius 1 is 1.12 bits per heavy atom. The van der Waals surface area contributed by atoms with Crippen LogP contribution in [0.15, 0.2) is 42.9 Å². The van der Waals surface area contributed by atoms with E-state index >= 15 is 0 Å². The van der Waals surface area contributed by atoms with Gasteiger partial charge in [-0.1, -0.05) is 12.2 Å². The summed E-state index contributed by atoms with van der Waals surface area (Å²) in [5.74, 6) is 0.976. The van der Waals surface area contributed by atoms with E-state index < -0.39 is 0 Å². The van der Waals surface area contributed by atoms with Gasteiger partial charge in [-0.25, -0.2) is 0 Å². The monoisotopic (exact) mass is 336 g/mol. The summed E-state index contributed by atoms with van der Waals surface area (Å²) in [5.41, 5.74) is 3.50. The number of piperidine rings is 1. The van der Waals surface area contributed by atoms with Gasteiger partial charge in [-0.05, 0) is 49.8 Å². The first kappa shape index (κ1) is 16.1. The van der Waals surface area contributed by atoms with Gasteiger partial charge in [0.25, 0.3) is 0 Å². The van der Waals surface area contributed by atoms with Crippen molar-refractivity contribution >= 4 is 5.91 Å². The lowest BCUT2D eigenvalue weighted by Gasteiger charge is -2.34. The molecule has 1 aliphatic carbocycles. The normalized spacial score (nSPS) is 21.4. The fraction of sp³-hybridized carbons (Fsp3) is 0.450. The van der Waals surface area contributed by atoms with Gasteiger partial charge >= 0.3 is 0 Å². The second-order valence-corrected chi connectivity index (χ2v) is 7.01. The highest BCUT2D eigenvalue weighted by Gasteiger charge is 2.30. The van der Waals surface area contributed by atoms with Gasteiger partial charge in [0.05, 0.1) is 6.20 Å². The summed E-state index contributed by atoms with van der Waals surface area (Å²) < 4.78 is 0. The molecule has 5 nitrogen and oxygen atoms in total. The van der Waals surface area contributed by atoms with Gasteiger partial charge in [0, 0.05) is 48.6 Å². The lowest BCUT2D eigenvalue weighted by Crippen LogP contribution is -2.41. The number of allylic oxidation sites excluding steroid dienone is 2. The van der Waals surface area contributed by atoms with Crippen molar-refractivity contribution in [3.8, 4) is 11.1 Å². The molecule has 1 saturated heterocycles.